The largest absolute Gasteiger partial charge is 0.495 e. The van der Waals surface area contributed by atoms with Crippen LogP contribution < -0.4 is 4.74 Å². The Labute approximate surface area is 96.3 Å². The normalized spacial score (nSPS) is 12.3. The van der Waals surface area contributed by atoms with E-state index in [1.807, 2.05) is 6.07 Å². The number of ketones is 1. The first-order chi connectivity index (χ1) is 6.56. The molecule has 76 valence electrons. The highest BCUT2D eigenvalue weighted by Crippen LogP contribution is 2.31. The van der Waals surface area contributed by atoms with Gasteiger partial charge in [0.25, 0.3) is 0 Å². The van der Waals surface area contributed by atoms with Crippen LogP contribution in [0, 0.1) is 0 Å². The van der Waals surface area contributed by atoms with Crippen LogP contribution in [0.25, 0.3) is 0 Å². The zero-order chi connectivity index (χ0) is 10.7. The predicted molar refractivity (Wildman–Crippen MR) is 60.4 cm³/mol. The van der Waals surface area contributed by atoms with Crippen LogP contribution in [0.4, 0.5) is 0 Å². The first-order valence-electron chi connectivity index (χ1n) is 4.04. The van der Waals surface area contributed by atoms with Crippen molar-refractivity contribution in [1.29, 1.82) is 0 Å². The van der Waals surface area contributed by atoms with Crippen molar-refractivity contribution in [2.75, 3.05) is 7.11 Å². The summed E-state index contributed by atoms with van der Waals surface area (Å²) < 4.78 is 5.01. The van der Waals surface area contributed by atoms with Crippen molar-refractivity contribution in [2.45, 2.75) is 11.8 Å². The summed E-state index contributed by atoms with van der Waals surface area (Å²) in [4.78, 5) is 10.8. The quantitative estimate of drug-likeness (QED) is 0.792. The van der Waals surface area contributed by atoms with E-state index in [0.717, 1.165) is 5.56 Å². The molecule has 0 fully saturated rings. The van der Waals surface area contributed by atoms with Gasteiger partial charge in [-0.25, -0.2) is 0 Å². The molecule has 1 aromatic carbocycles. The minimum absolute atomic E-state index is 0.0474. The van der Waals surface area contributed by atoms with E-state index >= 15 is 0 Å². The molecular weight excluding hydrogens is 267 g/mol. The second-order valence-electron chi connectivity index (χ2n) is 2.87. The number of alkyl halides is 1. The van der Waals surface area contributed by atoms with E-state index in [0.29, 0.717) is 10.8 Å². The summed E-state index contributed by atoms with van der Waals surface area (Å²) in [7, 11) is 1.55. The molecule has 0 aromatic heterocycles. The van der Waals surface area contributed by atoms with Crippen molar-refractivity contribution in [2.24, 2.45) is 0 Å². The average molecular weight is 278 g/mol. The fourth-order valence-corrected chi connectivity index (χ4v) is 1.63. The molecule has 1 unspecified atom stereocenters. The van der Waals surface area contributed by atoms with Crippen LogP contribution in [-0.2, 0) is 4.79 Å². The van der Waals surface area contributed by atoms with Crippen LogP contribution in [0.3, 0.4) is 0 Å². The molecule has 1 aromatic rings. The fourth-order valence-electron chi connectivity index (χ4n) is 1.07. The molecule has 0 saturated heterocycles. The average Bonchev–Trinajstić information content (AvgIpc) is 2.16. The third-order valence-corrected chi connectivity index (χ3v) is 3.29. The van der Waals surface area contributed by atoms with Crippen molar-refractivity contribution in [3.63, 3.8) is 0 Å². The Hall–Kier alpha value is -0.540. The number of benzene rings is 1. The Bertz CT molecular complexity index is 352. The highest BCUT2D eigenvalue weighted by molar-refractivity contribution is 9.09. The van der Waals surface area contributed by atoms with E-state index in [2.05, 4.69) is 15.9 Å². The van der Waals surface area contributed by atoms with Gasteiger partial charge in [0, 0.05) is 0 Å². The molecule has 0 spiro atoms. The summed E-state index contributed by atoms with van der Waals surface area (Å²) in [5.74, 6) is 0.657. The number of carbonyl (C=O) groups is 1. The molecule has 4 heteroatoms. The van der Waals surface area contributed by atoms with Crippen molar-refractivity contribution in [3.05, 3.63) is 28.8 Å². The molecule has 0 bridgehead atoms. The lowest BCUT2D eigenvalue weighted by molar-refractivity contribution is -0.116. The number of carbonyl (C=O) groups excluding carboxylic acids is 1. The monoisotopic (exact) mass is 276 g/mol. The number of halogens is 2. The van der Waals surface area contributed by atoms with Gasteiger partial charge in [-0.05, 0) is 24.6 Å². The summed E-state index contributed by atoms with van der Waals surface area (Å²) in [6, 6.07) is 5.28. The highest BCUT2D eigenvalue weighted by atomic mass is 79.9. The maximum atomic E-state index is 11.1. The van der Waals surface area contributed by atoms with Crippen LogP contribution in [0.15, 0.2) is 18.2 Å². The lowest BCUT2D eigenvalue weighted by Crippen LogP contribution is -2.00. The van der Waals surface area contributed by atoms with Crippen LogP contribution in [0.5, 0.6) is 5.75 Å². The summed E-state index contributed by atoms with van der Waals surface area (Å²) in [5, 5.41) is 0.510. The van der Waals surface area contributed by atoms with Crippen LogP contribution >= 0.6 is 27.5 Å². The number of hydrogen-bond acceptors (Lipinski definition) is 2. The SMILES string of the molecule is COc1ccc(C(Br)C(C)=O)cc1Cl. The molecule has 0 N–H and O–H groups in total. The molecule has 0 aliphatic heterocycles. The van der Waals surface area contributed by atoms with E-state index in [1.165, 1.54) is 6.92 Å². The molecule has 2 nitrogen and oxygen atoms in total. The Balaban J connectivity index is 3.02. The van der Waals surface area contributed by atoms with E-state index in [-0.39, 0.29) is 10.6 Å². The summed E-state index contributed by atoms with van der Waals surface area (Å²) >= 11 is 9.20. The van der Waals surface area contributed by atoms with Gasteiger partial charge in [0.15, 0.2) is 0 Å². The third kappa shape index (κ3) is 2.49. The molecule has 0 aliphatic rings. The van der Waals surface area contributed by atoms with Crippen molar-refractivity contribution in [3.8, 4) is 5.75 Å². The second kappa shape index (κ2) is 4.80. The first-order valence-corrected chi connectivity index (χ1v) is 5.33. The minimum Gasteiger partial charge on any atom is -0.495 e. The van der Waals surface area contributed by atoms with Gasteiger partial charge < -0.3 is 4.74 Å². The zero-order valence-electron chi connectivity index (χ0n) is 7.88. The standard InChI is InChI=1S/C10H10BrClO2/c1-6(13)10(11)7-3-4-9(14-2)8(12)5-7/h3-5,10H,1-2H3. The number of Topliss-reactive ketones (excluding diaryl/α,β-unsaturated/α-hetero) is 1. The zero-order valence-corrected chi connectivity index (χ0v) is 10.2. The molecule has 0 saturated carbocycles. The van der Waals surface area contributed by atoms with Crippen LogP contribution in [-0.4, -0.2) is 12.9 Å². The number of methoxy groups -OCH3 is 1. The number of hydrogen-bond donors (Lipinski definition) is 0. The van der Waals surface area contributed by atoms with Gasteiger partial charge in [-0.1, -0.05) is 33.6 Å². The minimum atomic E-state index is -0.300. The molecule has 0 heterocycles. The van der Waals surface area contributed by atoms with Crippen LogP contribution in [0.1, 0.15) is 17.3 Å². The van der Waals surface area contributed by atoms with Crippen molar-refractivity contribution < 1.29 is 9.53 Å². The maximum absolute atomic E-state index is 11.1. The molecule has 0 radical (unpaired) electrons. The number of rotatable bonds is 3. The Kier molecular flexibility index (Phi) is 3.96. The Morgan fingerprint density at radius 2 is 2.21 bits per heavy atom. The summed E-state index contributed by atoms with van der Waals surface area (Å²) in [5.41, 5.74) is 0.836. The molecule has 1 atom stereocenters. The van der Waals surface area contributed by atoms with E-state index in [4.69, 9.17) is 16.3 Å². The molecule has 0 aliphatic carbocycles. The summed E-state index contributed by atoms with van der Waals surface area (Å²) in [6.45, 7) is 1.53. The fraction of sp³-hybridized carbons (Fsp3) is 0.300. The van der Waals surface area contributed by atoms with Gasteiger partial charge in [-0.15, -0.1) is 0 Å². The highest BCUT2D eigenvalue weighted by Gasteiger charge is 2.13. The van der Waals surface area contributed by atoms with Crippen molar-refractivity contribution >= 4 is 33.3 Å². The second-order valence-corrected chi connectivity index (χ2v) is 4.19. The van der Waals surface area contributed by atoms with E-state index < -0.39 is 0 Å². The molecule has 1 rings (SSSR count). The van der Waals surface area contributed by atoms with Gasteiger partial charge >= 0.3 is 0 Å². The Morgan fingerprint density at radius 3 is 2.64 bits per heavy atom. The van der Waals surface area contributed by atoms with Gasteiger partial charge in [-0.3, -0.25) is 4.79 Å². The number of ether oxygens (including phenoxy) is 1. The van der Waals surface area contributed by atoms with Gasteiger partial charge in [0.2, 0.25) is 0 Å². The summed E-state index contributed by atoms with van der Waals surface area (Å²) in [6.07, 6.45) is 0. The van der Waals surface area contributed by atoms with E-state index in [9.17, 15) is 4.79 Å². The van der Waals surface area contributed by atoms with Crippen molar-refractivity contribution in [1.82, 2.24) is 0 Å². The predicted octanol–water partition coefficient (Wildman–Crippen LogP) is 3.37. The molecular formula is C10H10BrClO2. The first kappa shape index (κ1) is 11.5. The third-order valence-electron chi connectivity index (χ3n) is 1.83. The van der Waals surface area contributed by atoms with Gasteiger partial charge in [0.1, 0.15) is 11.5 Å². The van der Waals surface area contributed by atoms with E-state index in [1.54, 1.807) is 19.2 Å². The molecule has 14 heavy (non-hydrogen) atoms. The molecule has 0 amide bonds. The topological polar surface area (TPSA) is 26.3 Å². The maximum Gasteiger partial charge on any atom is 0.147 e. The van der Waals surface area contributed by atoms with Gasteiger partial charge in [0.05, 0.1) is 17.0 Å². The Morgan fingerprint density at radius 1 is 1.57 bits per heavy atom. The smallest absolute Gasteiger partial charge is 0.147 e. The lowest BCUT2D eigenvalue weighted by Gasteiger charge is -2.08. The lowest BCUT2D eigenvalue weighted by atomic mass is 10.1. The van der Waals surface area contributed by atoms with Crippen LogP contribution in [0.2, 0.25) is 5.02 Å². The van der Waals surface area contributed by atoms with Gasteiger partial charge in [-0.2, -0.15) is 0 Å².